The van der Waals surface area contributed by atoms with E-state index in [9.17, 15) is 9.59 Å². The van der Waals surface area contributed by atoms with Gasteiger partial charge in [0.25, 0.3) is 5.56 Å². The Hall–Kier alpha value is -1.22. The van der Waals surface area contributed by atoms with E-state index in [0.29, 0.717) is 5.56 Å². The number of nitrogens with zero attached hydrogens (tertiary/aromatic N) is 1. The summed E-state index contributed by atoms with van der Waals surface area (Å²) in [6.07, 6.45) is 1.79. The first-order valence-corrected chi connectivity index (χ1v) is 12.5. The van der Waals surface area contributed by atoms with Gasteiger partial charge in [-0.05, 0) is 31.5 Å². The fraction of sp³-hybridized carbons (Fsp3) is 0.789. The fourth-order valence-corrected chi connectivity index (χ4v) is 4.45. The van der Waals surface area contributed by atoms with Gasteiger partial charge in [0.05, 0.1) is 6.10 Å². The molecule has 1 aromatic rings. The second-order valence-electron chi connectivity index (χ2n) is 8.88. The fourth-order valence-electron chi connectivity index (χ4n) is 3.13. The average molecular weight is 399 g/mol. The van der Waals surface area contributed by atoms with E-state index in [0.717, 1.165) is 12.8 Å². The van der Waals surface area contributed by atoms with Crippen molar-refractivity contribution in [1.82, 2.24) is 9.55 Å². The van der Waals surface area contributed by atoms with Crippen LogP contribution in [0.2, 0.25) is 18.1 Å². The molecule has 0 amide bonds. The maximum absolute atomic E-state index is 12.4. The molecule has 1 aliphatic rings. The molecule has 27 heavy (non-hydrogen) atoms. The molecule has 0 saturated carbocycles. The summed E-state index contributed by atoms with van der Waals surface area (Å²) in [6.45, 7) is 14.7. The maximum atomic E-state index is 12.4. The topological polar surface area (TPSA) is 82.6 Å². The highest BCUT2D eigenvalue weighted by Gasteiger charge is 2.50. The minimum absolute atomic E-state index is 0.0472. The summed E-state index contributed by atoms with van der Waals surface area (Å²) in [5.74, 6) is 0. The normalized spacial score (nSPS) is 26.5. The molecule has 0 aliphatic carbocycles. The molecule has 2 heterocycles. The highest BCUT2D eigenvalue weighted by molar-refractivity contribution is 6.74. The highest BCUT2D eigenvalue weighted by Crippen LogP contribution is 2.42. The predicted octanol–water partition coefficient (Wildman–Crippen LogP) is 2.95. The van der Waals surface area contributed by atoms with Gasteiger partial charge >= 0.3 is 5.69 Å². The first kappa shape index (κ1) is 22.1. The number of aromatic amines is 1. The molecule has 0 spiro atoms. The van der Waals surface area contributed by atoms with Gasteiger partial charge in [-0.3, -0.25) is 14.3 Å². The first-order valence-electron chi connectivity index (χ1n) is 9.61. The van der Waals surface area contributed by atoms with Crippen LogP contribution in [-0.4, -0.2) is 43.3 Å². The van der Waals surface area contributed by atoms with Crippen LogP contribution in [0.15, 0.2) is 15.8 Å². The van der Waals surface area contributed by atoms with E-state index in [1.165, 1.54) is 10.8 Å². The SMILES string of the molecule is CCC[C@H]1O[C@@H](n2cc(C)c(=O)[nH]c2=O)[C@H](OC)[C@@H]1O[Si](C)(C)C(C)(C)C. The molecule has 2 rings (SSSR count). The third-order valence-electron chi connectivity index (χ3n) is 5.79. The summed E-state index contributed by atoms with van der Waals surface area (Å²) in [5.41, 5.74) is -0.433. The van der Waals surface area contributed by atoms with Crippen LogP contribution in [-0.2, 0) is 13.9 Å². The van der Waals surface area contributed by atoms with E-state index in [1.807, 2.05) is 0 Å². The number of hydrogen-bond donors (Lipinski definition) is 1. The van der Waals surface area contributed by atoms with Crippen molar-refractivity contribution in [3.63, 3.8) is 0 Å². The Labute approximate surface area is 162 Å². The summed E-state index contributed by atoms with van der Waals surface area (Å²) in [6, 6.07) is 0. The first-order chi connectivity index (χ1) is 12.4. The molecule has 0 bridgehead atoms. The van der Waals surface area contributed by atoms with Crippen molar-refractivity contribution in [2.24, 2.45) is 0 Å². The van der Waals surface area contributed by atoms with Crippen LogP contribution in [0.25, 0.3) is 0 Å². The van der Waals surface area contributed by atoms with E-state index < -0.39 is 26.3 Å². The lowest BCUT2D eigenvalue weighted by molar-refractivity contribution is -0.0548. The number of ether oxygens (including phenoxy) is 2. The van der Waals surface area contributed by atoms with Gasteiger partial charge in [0.2, 0.25) is 0 Å². The summed E-state index contributed by atoms with van der Waals surface area (Å²) in [5, 5.41) is 0.0472. The molecular formula is C19H34N2O5Si. The number of methoxy groups -OCH3 is 1. The molecule has 1 fully saturated rings. The van der Waals surface area contributed by atoms with Crippen LogP contribution in [0.4, 0.5) is 0 Å². The van der Waals surface area contributed by atoms with Crippen LogP contribution >= 0.6 is 0 Å². The van der Waals surface area contributed by atoms with Crippen LogP contribution in [0.3, 0.4) is 0 Å². The van der Waals surface area contributed by atoms with Gasteiger partial charge in [-0.1, -0.05) is 34.1 Å². The van der Waals surface area contributed by atoms with Crippen molar-refractivity contribution in [3.05, 3.63) is 32.6 Å². The number of aryl methyl sites for hydroxylation is 1. The minimum Gasteiger partial charge on any atom is -0.408 e. The summed E-state index contributed by atoms with van der Waals surface area (Å²) in [4.78, 5) is 26.5. The lowest BCUT2D eigenvalue weighted by Crippen LogP contribution is -2.49. The second kappa shape index (κ2) is 8.03. The van der Waals surface area contributed by atoms with E-state index in [-0.39, 0.29) is 22.8 Å². The molecule has 1 saturated heterocycles. The zero-order valence-corrected chi connectivity index (χ0v) is 18.8. The zero-order valence-electron chi connectivity index (χ0n) is 17.8. The van der Waals surface area contributed by atoms with Gasteiger partial charge in [-0.2, -0.15) is 0 Å². The summed E-state index contributed by atoms with van der Waals surface area (Å²) < 4.78 is 20.1. The Morgan fingerprint density at radius 1 is 1.26 bits per heavy atom. The maximum Gasteiger partial charge on any atom is 0.330 e. The Kier molecular flexibility index (Phi) is 6.56. The number of H-pyrrole nitrogens is 1. The highest BCUT2D eigenvalue weighted by atomic mass is 28.4. The predicted molar refractivity (Wildman–Crippen MR) is 108 cm³/mol. The van der Waals surface area contributed by atoms with E-state index in [1.54, 1.807) is 14.0 Å². The Morgan fingerprint density at radius 3 is 2.41 bits per heavy atom. The smallest absolute Gasteiger partial charge is 0.330 e. The lowest BCUT2D eigenvalue weighted by Gasteiger charge is -2.40. The van der Waals surface area contributed by atoms with Crippen molar-refractivity contribution in [2.45, 2.75) is 90.1 Å². The molecule has 154 valence electrons. The number of hydrogen-bond acceptors (Lipinski definition) is 5. The Balaban J connectivity index is 2.44. The average Bonchev–Trinajstić information content (AvgIpc) is 2.87. The van der Waals surface area contributed by atoms with Crippen molar-refractivity contribution >= 4 is 8.32 Å². The summed E-state index contributed by atoms with van der Waals surface area (Å²) in [7, 11) is -0.456. The number of nitrogens with one attached hydrogen (secondary N) is 1. The zero-order chi connectivity index (χ0) is 20.6. The van der Waals surface area contributed by atoms with Crippen LogP contribution < -0.4 is 11.2 Å². The monoisotopic (exact) mass is 398 g/mol. The van der Waals surface area contributed by atoms with E-state index >= 15 is 0 Å². The van der Waals surface area contributed by atoms with Crippen molar-refractivity contribution < 1.29 is 13.9 Å². The molecule has 1 N–H and O–H groups in total. The van der Waals surface area contributed by atoms with Crippen LogP contribution in [0, 0.1) is 6.92 Å². The molecule has 1 aromatic heterocycles. The molecule has 0 radical (unpaired) electrons. The van der Waals surface area contributed by atoms with Gasteiger partial charge in [0.15, 0.2) is 14.5 Å². The van der Waals surface area contributed by atoms with Crippen molar-refractivity contribution in [3.8, 4) is 0 Å². The molecular weight excluding hydrogens is 364 g/mol. The van der Waals surface area contributed by atoms with Gasteiger partial charge in [0.1, 0.15) is 12.2 Å². The van der Waals surface area contributed by atoms with Crippen LogP contribution in [0.1, 0.15) is 52.3 Å². The van der Waals surface area contributed by atoms with Gasteiger partial charge in [-0.25, -0.2) is 4.79 Å². The molecule has 0 unspecified atom stereocenters. The Bertz CT molecular complexity index is 765. The molecule has 8 heteroatoms. The molecule has 0 aromatic carbocycles. The van der Waals surface area contributed by atoms with E-state index in [4.69, 9.17) is 13.9 Å². The number of rotatable bonds is 6. The molecule has 1 aliphatic heterocycles. The number of aromatic nitrogens is 2. The molecule has 4 atom stereocenters. The van der Waals surface area contributed by atoms with E-state index in [2.05, 4.69) is 45.8 Å². The van der Waals surface area contributed by atoms with Crippen molar-refractivity contribution in [1.29, 1.82) is 0 Å². The summed E-state index contributed by atoms with van der Waals surface area (Å²) >= 11 is 0. The largest absolute Gasteiger partial charge is 0.408 e. The third-order valence-corrected chi connectivity index (χ3v) is 10.3. The quantitative estimate of drug-likeness (QED) is 0.745. The van der Waals surface area contributed by atoms with Crippen molar-refractivity contribution in [2.75, 3.05) is 7.11 Å². The second-order valence-corrected chi connectivity index (χ2v) is 13.6. The lowest BCUT2D eigenvalue weighted by atomic mass is 10.1. The third kappa shape index (κ3) is 4.44. The standard InChI is InChI=1S/C19H34N2O5Si/c1-9-10-13-14(26-27(7,8)19(3,4)5)15(24-6)17(25-13)21-11-12(2)16(22)20-18(21)23/h11,13-15,17H,9-10H2,1-8H3,(H,20,22,23)/t13-,14-,15-,17-/m1/s1. The van der Waals surface area contributed by atoms with Gasteiger partial charge < -0.3 is 13.9 Å². The van der Waals surface area contributed by atoms with Gasteiger partial charge in [-0.15, -0.1) is 0 Å². The molecule has 7 nitrogen and oxygen atoms in total. The van der Waals surface area contributed by atoms with Crippen LogP contribution in [0.5, 0.6) is 0 Å². The van der Waals surface area contributed by atoms with Gasteiger partial charge in [0, 0.05) is 18.9 Å². The minimum atomic E-state index is -2.07. The Morgan fingerprint density at radius 2 is 1.89 bits per heavy atom.